The number of carbonyl (C=O) groups is 1. The number of alkyl halides is 3. The van der Waals surface area contributed by atoms with Crippen LogP contribution in [0.2, 0.25) is 0 Å². The number of hydrogen-bond donors (Lipinski definition) is 1. The average molecular weight is 684 g/mol. The van der Waals surface area contributed by atoms with E-state index in [-0.39, 0.29) is 40.9 Å². The number of imidazole rings is 1. The molecule has 0 amide bonds. The van der Waals surface area contributed by atoms with Crippen molar-refractivity contribution in [3.05, 3.63) is 59.7 Å². The number of aliphatic carboxylic acids is 1. The number of H-pyrrole nitrogens is 1. The predicted octanol–water partition coefficient (Wildman–Crippen LogP) is 3.80. The Balaban J connectivity index is 0.00000417. The van der Waals surface area contributed by atoms with Gasteiger partial charge in [0, 0.05) is 67.9 Å². The van der Waals surface area contributed by atoms with E-state index in [2.05, 4.69) is 14.8 Å². The van der Waals surface area contributed by atoms with E-state index in [1.165, 1.54) is 6.07 Å². The van der Waals surface area contributed by atoms with Crippen LogP contribution in [0.1, 0.15) is 68.4 Å². The molecule has 0 unspecified atom stereocenters. The SMILES string of the molecule is COCC1(CN(C)c2cc(-c3ccc(C4CC4)c(C(F)(F)F)c3)nc3nc(-c4ccc(N5CCC(C(=O)[O-])CC5)cc4)[nH]c23)CCCC1.[Na+]. The third kappa shape index (κ3) is 7.50. The van der Waals surface area contributed by atoms with Gasteiger partial charge in [0.15, 0.2) is 5.65 Å². The summed E-state index contributed by atoms with van der Waals surface area (Å²) in [5.41, 5.74) is 4.44. The number of anilines is 2. The van der Waals surface area contributed by atoms with Gasteiger partial charge < -0.3 is 29.4 Å². The molecule has 2 saturated carbocycles. The molecule has 0 atom stereocenters. The summed E-state index contributed by atoms with van der Waals surface area (Å²) in [6.45, 7) is 2.66. The zero-order chi connectivity index (χ0) is 33.6. The third-order valence-corrected chi connectivity index (χ3v) is 10.5. The number of carboxylic acid groups (broad SMARTS) is 1. The van der Waals surface area contributed by atoms with E-state index < -0.39 is 23.6 Å². The fourth-order valence-corrected chi connectivity index (χ4v) is 7.84. The molecule has 12 heteroatoms. The molecular weight excluding hydrogens is 642 g/mol. The fourth-order valence-electron chi connectivity index (χ4n) is 7.84. The maximum Gasteiger partial charge on any atom is 1.00 e. The summed E-state index contributed by atoms with van der Waals surface area (Å²) >= 11 is 0. The molecule has 8 nitrogen and oxygen atoms in total. The summed E-state index contributed by atoms with van der Waals surface area (Å²) in [6.07, 6.45) is 2.59. The van der Waals surface area contributed by atoms with E-state index in [1.807, 2.05) is 37.4 Å². The topological polar surface area (TPSA) is 97.4 Å². The molecule has 3 aliphatic rings. The van der Waals surface area contributed by atoms with Crippen LogP contribution in [-0.4, -0.2) is 61.3 Å². The van der Waals surface area contributed by atoms with Crippen molar-refractivity contribution >= 4 is 28.5 Å². The number of halogens is 3. The molecule has 2 aliphatic carbocycles. The third-order valence-electron chi connectivity index (χ3n) is 10.5. The van der Waals surface area contributed by atoms with Gasteiger partial charge in [0.25, 0.3) is 0 Å². The first kappa shape index (κ1) is 35.7. The van der Waals surface area contributed by atoms with Crippen molar-refractivity contribution in [2.24, 2.45) is 11.3 Å². The molecule has 3 heterocycles. The average Bonchev–Trinajstić information content (AvgIpc) is 3.67. The molecule has 254 valence electrons. The predicted molar refractivity (Wildman–Crippen MR) is 178 cm³/mol. The second-order valence-corrected chi connectivity index (χ2v) is 14.0. The number of pyridine rings is 1. The van der Waals surface area contributed by atoms with Crippen LogP contribution in [0.25, 0.3) is 33.8 Å². The quantitative estimate of drug-likeness (QED) is 0.254. The second-order valence-electron chi connectivity index (χ2n) is 14.0. The first-order valence-electron chi connectivity index (χ1n) is 16.9. The van der Waals surface area contributed by atoms with Crippen molar-refractivity contribution in [1.29, 1.82) is 0 Å². The zero-order valence-corrected chi connectivity index (χ0v) is 30.4. The maximum atomic E-state index is 14.2. The van der Waals surface area contributed by atoms with Crippen LogP contribution < -0.4 is 44.5 Å². The summed E-state index contributed by atoms with van der Waals surface area (Å²) in [5.74, 6) is -0.816. The second kappa shape index (κ2) is 14.2. The normalized spacial score (nSPS) is 18.1. The number of carboxylic acids is 1. The fraction of sp³-hybridized carbons (Fsp3) is 0.486. The molecule has 3 fully saturated rings. The van der Waals surface area contributed by atoms with Crippen LogP contribution in [0.5, 0.6) is 0 Å². The number of rotatable bonds is 10. The molecule has 0 bridgehead atoms. The minimum absolute atomic E-state index is 0. The van der Waals surface area contributed by atoms with Crippen molar-refractivity contribution in [2.75, 3.05) is 50.2 Å². The number of hydrogen-bond acceptors (Lipinski definition) is 7. The van der Waals surface area contributed by atoms with Crippen molar-refractivity contribution < 1.29 is 57.4 Å². The van der Waals surface area contributed by atoms with Gasteiger partial charge in [-0.05, 0) is 86.4 Å². The summed E-state index contributed by atoms with van der Waals surface area (Å²) < 4.78 is 48.4. The van der Waals surface area contributed by atoms with Crippen LogP contribution in [0.3, 0.4) is 0 Å². The van der Waals surface area contributed by atoms with Crippen LogP contribution >= 0.6 is 0 Å². The Hall–Kier alpha value is -3.12. The number of carbonyl (C=O) groups excluding carboxylic acids is 1. The summed E-state index contributed by atoms with van der Waals surface area (Å²) in [5, 5.41) is 11.3. The number of fused-ring (bicyclic) bond motifs is 1. The van der Waals surface area contributed by atoms with Gasteiger partial charge in [0.1, 0.15) is 11.3 Å². The van der Waals surface area contributed by atoms with Gasteiger partial charge in [0.2, 0.25) is 0 Å². The van der Waals surface area contributed by atoms with E-state index in [9.17, 15) is 23.1 Å². The molecule has 4 aromatic rings. The van der Waals surface area contributed by atoms with Crippen LogP contribution in [0, 0.1) is 11.3 Å². The molecule has 0 spiro atoms. The van der Waals surface area contributed by atoms with Gasteiger partial charge in [-0.2, -0.15) is 13.2 Å². The smallest absolute Gasteiger partial charge is 0.550 e. The van der Waals surface area contributed by atoms with E-state index in [4.69, 9.17) is 14.7 Å². The number of aromatic nitrogens is 3. The van der Waals surface area contributed by atoms with Crippen molar-refractivity contribution in [1.82, 2.24) is 15.0 Å². The standard InChI is InChI=1S/C37H42F3N5O3.Na/c1-44(21-36(22-48-2)15-3-4-16-36)31-20-30(26-9-12-28(23-5-6-23)29(19-26)37(38,39)40)41-34-32(31)42-33(43-34)24-7-10-27(11-8-24)45-17-13-25(14-18-45)35(46)47;/h7-12,19-20,23,25H,3-6,13-18,21-22H2,1-2H3,(H,46,47)(H,41,42,43);/q;+1/p-1. The Morgan fingerprint density at radius 2 is 1.69 bits per heavy atom. The number of piperidine rings is 1. The molecule has 49 heavy (non-hydrogen) atoms. The van der Waals surface area contributed by atoms with Crippen LogP contribution in [0.15, 0.2) is 48.5 Å². The summed E-state index contributed by atoms with van der Waals surface area (Å²) in [6, 6.07) is 14.5. The first-order chi connectivity index (χ1) is 23.0. The van der Waals surface area contributed by atoms with Gasteiger partial charge >= 0.3 is 35.7 Å². The minimum atomic E-state index is -4.46. The van der Waals surface area contributed by atoms with Crippen molar-refractivity contribution in [3.63, 3.8) is 0 Å². The van der Waals surface area contributed by atoms with Crippen molar-refractivity contribution in [2.45, 2.75) is 63.5 Å². The molecule has 2 aromatic heterocycles. The molecule has 0 radical (unpaired) electrons. The molecule has 1 aliphatic heterocycles. The van der Waals surface area contributed by atoms with Crippen LogP contribution in [-0.2, 0) is 15.7 Å². The van der Waals surface area contributed by atoms with E-state index in [0.717, 1.165) is 67.5 Å². The molecule has 1 N–H and O–H groups in total. The van der Waals surface area contributed by atoms with Crippen LogP contribution in [0.4, 0.5) is 24.5 Å². The summed E-state index contributed by atoms with van der Waals surface area (Å²) in [7, 11) is 3.75. The Labute approximate surface area is 306 Å². The molecule has 7 rings (SSSR count). The van der Waals surface area contributed by atoms with Crippen molar-refractivity contribution in [3.8, 4) is 22.6 Å². The minimum Gasteiger partial charge on any atom is -0.550 e. The number of benzene rings is 2. The van der Waals surface area contributed by atoms with Gasteiger partial charge in [-0.25, -0.2) is 9.97 Å². The van der Waals surface area contributed by atoms with E-state index in [0.29, 0.717) is 60.8 Å². The number of aromatic amines is 1. The summed E-state index contributed by atoms with van der Waals surface area (Å²) in [4.78, 5) is 28.8. The molecule has 1 saturated heterocycles. The van der Waals surface area contributed by atoms with Gasteiger partial charge in [-0.1, -0.05) is 25.0 Å². The number of nitrogens with one attached hydrogen (secondary N) is 1. The van der Waals surface area contributed by atoms with Gasteiger partial charge in [-0.3, -0.25) is 0 Å². The Kier molecular flexibility index (Phi) is 10.4. The van der Waals surface area contributed by atoms with Gasteiger partial charge in [-0.15, -0.1) is 0 Å². The van der Waals surface area contributed by atoms with E-state index in [1.54, 1.807) is 19.2 Å². The van der Waals surface area contributed by atoms with Gasteiger partial charge in [0.05, 0.1) is 23.6 Å². The zero-order valence-electron chi connectivity index (χ0n) is 28.4. The van der Waals surface area contributed by atoms with E-state index >= 15 is 0 Å². The Bertz CT molecular complexity index is 1790. The Morgan fingerprint density at radius 1 is 1.02 bits per heavy atom. The Morgan fingerprint density at radius 3 is 2.31 bits per heavy atom. The maximum absolute atomic E-state index is 14.2. The number of methoxy groups -OCH3 is 1. The number of nitrogens with zero attached hydrogens (tertiary/aromatic N) is 4. The first-order valence-corrected chi connectivity index (χ1v) is 16.9. The largest absolute Gasteiger partial charge is 1.00 e. The number of ether oxygens (including phenoxy) is 1. The molecular formula is C37H41F3N5NaO3. The monoisotopic (exact) mass is 683 g/mol. The molecule has 2 aromatic carbocycles.